The zero-order chi connectivity index (χ0) is 13.0. The molecule has 18 heavy (non-hydrogen) atoms. The maximum Gasteiger partial charge on any atom is 0.126 e. The van der Waals surface area contributed by atoms with Crippen LogP contribution in [0.5, 0.6) is 5.75 Å². The van der Waals surface area contributed by atoms with Gasteiger partial charge >= 0.3 is 0 Å². The summed E-state index contributed by atoms with van der Waals surface area (Å²) >= 11 is 5.93. The summed E-state index contributed by atoms with van der Waals surface area (Å²) in [7, 11) is 0. The monoisotopic (exact) mass is 264 g/mol. The fourth-order valence-electron chi connectivity index (χ4n) is 2.02. The van der Waals surface area contributed by atoms with E-state index in [-0.39, 0.29) is 17.5 Å². The normalized spacial score (nSPS) is 12.3. The highest BCUT2D eigenvalue weighted by atomic mass is 35.5. The second kappa shape index (κ2) is 5.87. The Kier molecular flexibility index (Phi) is 4.21. The van der Waals surface area contributed by atoms with Gasteiger partial charge in [-0.1, -0.05) is 30.3 Å². The highest BCUT2D eigenvalue weighted by Gasteiger charge is 2.15. The molecule has 1 N–H and O–H groups in total. The van der Waals surface area contributed by atoms with Gasteiger partial charge in [-0.25, -0.2) is 4.39 Å². The van der Waals surface area contributed by atoms with E-state index in [1.54, 1.807) is 36.4 Å². The molecular weight excluding hydrogens is 251 g/mol. The molecule has 0 fully saturated rings. The lowest BCUT2D eigenvalue weighted by Gasteiger charge is -2.15. The van der Waals surface area contributed by atoms with Crippen LogP contribution in [0.1, 0.15) is 17.0 Å². The molecule has 0 spiro atoms. The van der Waals surface area contributed by atoms with E-state index in [1.807, 2.05) is 6.07 Å². The van der Waals surface area contributed by atoms with Gasteiger partial charge in [0.2, 0.25) is 0 Å². The van der Waals surface area contributed by atoms with E-state index >= 15 is 0 Å². The molecule has 2 aromatic rings. The van der Waals surface area contributed by atoms with Crippen LogP contribution in [0.15, 0.2) is 48.5 Å². The van der Waals surface area contributed by atoms with E-state index in [1.165, 1.54) is 6.07 Å². The molecule has 0 aliphatic carbocycles. The number of alkyl halides is 1. The average Bonchev–Trinajstić information content (AvgIpc) is 2.37. The molecular formula is C15H14ClFO. The van der Waals surface area contributed by atoms with E-state index in [0.717, 1.165) is 5.56 Å². The van der Waals surface area contributed by atoms with Crippen LogP contribution in [0.2, 0.25) is 0 Å². The highest BCUT2D eigenvalue weighted by molar-refractivity contribution is 6.18. The van der Waals surface area contributed by atoms with Crippen LogP contribution in [0.4, 0.5) is 4.39 Å². The van der Waals surface area contributed by atoms with E-state index in [9.17, 15) is 9.50 Å². The maximum atomic E-state index is 13.7. The average molecular weight is 265 g/mol. The first-order valence-electron chi connectivity index (χ1n) is 5.79. The van der Waals surface area contributed by atoms with Gasteiger partial charge < -0.3 is 5.11 Å². The minimum atomic E-state index is -0.233. The molecule has 0 aliphatic heterocycles. The van der Waals surface area contributed by atoms with Crippen molar-refractivity contribution in [3.05, 3.63) is 65.5 Å². The predicted molar refractivity (Wildman–Crippen MR) is 71.7 cm³/mol. The number of aromatic hydroxyl groups is 1. The maximum absolute atomic E-state index is 13.7. The smallest absolute Gasteiger partial charge is 0.126 e. The SMILES string of the molecule is Oc1cccc(CC(CCl)c2ccccc2F)c1. The lowest BCUT2D eigenvalue weighted by molar-refractivity contribution is 0.474. The van der Waals surface area contributed by atoms with Crippen molar-refractivity contribution in [2.24, 2.45) is 0 Å². The summed E-state index contributed by atoms with van der Waals surface area (Å²) in [4.78, 5) is 0. The summed E-state index contributed by atoms with van der Waals surface area (Å²) in [5, 5.41) is 9.42. The summed E-state index contributed by atoms with van der Waals surface area (Å²) in [6.07, 6.45) is 0.610. The van der Waals surface area contributed by atoms with Gasteiger partial charge in [0.1, 0.15) is 11.6 Å². The minimum Gasteiger partial charge on any atom is -0.508 e. The Labute approximate surface area is 111 Å². The molecule has 0 aromatic heterocycles. The van der Waals surface area contributed by atoms with E-state index in [2.05, 4.69) is 0 Å². The van der Waals surface area contributed by atoms with Crippen molar-refractivity contribution in [3.63, 3.8) is 0 Å². The number of rotatable bonds is 4. The Bertz CT molecular complexity index is 527. The highest BCUT2D eigenvalue weighted by Crippen LogP contribution is 2.25. The van der Waals surface area contributed by atoms with Crippen molar-refractivity contribution in [1.82, 2.24) is 0 Å². The minimum absolute atomic E-state index is 0.0883. The summed E-state index contributed by atoms with van der Waals surface area (Å²) in [6, 6.07) is 13.6. The first-order chi connectivity index (χ1) is 8.70. The van der Waals surface area contributed by atoms with Crippen LogP contribution in [-0.4, -0.2) is 11.0 Å². The van der Waals surface area contributed by atoms with Crippen LogP contribution in [0.25, 0.3) is 0 Å². The molecule has 0 radical (unpaired) electrons. The number of phenolic OH excluding ortho intramolecular Hbond substituents is 1. The van der Waals surface area contributed by atoms with E-state index in [0.29, 0.717) is 17.9 Å². The van der Waals surface area contributed by atoms with Crippen molar-refractivity contribution in [1.29, 1.82) is 0 Å². The van der Waals surface area contributed by atoms with Crippen molar-refractivity contribution < 1.29 is 9.50 Å². The second-order valence-electron chi connectivity index (χ2n) is 4.25. The first kappa shape index (κ1) is 12.9. The summed E-state index contributed by atoms with van der Waals surface area (Å²) < 4.78 is 13.7. The molecule has 0 amide bonds. The second-order valence-corrected chi connectivity index (χ2v) is 4.56. The van der Waals surface area contributed by atoms with Gasteiger partial charge in [0.05, 0.1) is 0 Å². The van der Waals surface area contributed by atoms with Crippen molar-refractivity contribution in [2.45, 2.75) is 12.3 Å². The summed E-state index contributed by atoms with van der Waals surface area (Å²) in [5.74, 6) is 0.240. The molecule has 1 unspecified atom stereocenters. The lowest BCUT2D eigenvalue weighted by atomic mass is 9.93. The van der Waals surface area contributed by atoms with Gasteiger partial charge in [0.25, 0.3) is 0 Å². The van der Waals surface area contributed by atoms with Gasteiger partial charge in [0.15, 0.2) is 0 Å². The Morgan fingerprint density at radius 2 is 1.89 bits per heavy atom. The van der Waals surface area contributed by atoms with E-state index < -0.39 is 0 Å². The Hall–Kier alpha value is -1.54. The first-order valence-corrected chi connectivity index (χ1v) is 6.32. The van der Waals surface area contributed by atoms with Gasteiger partial charge in [-0.15, -0.1) is 11.6 Å². The molecule has 2 aromatic carbocycles. The van der Waals surface area contributed by atoms with Crippen molar-refractivity contribution in [3.8, 4) is 5.75 Å². The predicted octanol–water partition coefficient (Wildman–Crippen LogP) is 4.10. The van der Waals surface area contributed by atoms with Crippen LogP contribution in [-0.2, 0) is 6.42 Å². The number of hydrogen-bond donors (Lipinski definition) is 1. The standard InChI is InChI=1S/C15H14ClFO/c16-10-12(14-6-1-2-7-15(14)17)8-11-4-3-5-13(18)9-11/h1-7,9,12,18H,8,10H2. The van der Waals surface area contributed by atoms with Gasteiger partial charge in [0, 0.05) is 11.8 Å². The molecule has 1 nitrogen and oxygen atoms in total. The molecule has 2 rings (SSSR count). The van der Waals surface area contributed by atoms with Crippen molar-refractivity contribution in [2.75, 3.05) is 5.88 Å². The molecule has 1 atom stereocenters. The third-order valence-corrected chi connectivity index (χ3v) is 3.30. The summed E-state index contributed by atoms with van der Waals surface area (Å²) in [5.41, 5.74) is 1.57. The molecule has 0 heterocycles. The Morgan fingerprint density at radius 3 is 2.56 bits per heavy atom. The fourth-order valence-corrected chi connectivity index (χ4v) is 2.30. The third kappa shape index (κ3) is 3.02. The molecule has 0 saturated heterocycles. The number of benzene rings is 2. The molecule has 3 heteroatoms. The topological polar surface area (TPSA) is 20.2 Å². The van der Waals surface area contributed by atoms with Gasteiger partial charge in [-0.2, -0.15) is 0 Å². The van der Waals surface area contributed by atoms with E-state index in [4.69, 9.17) is 11.6 Å². The van der Waals surface area contributed by atoms with Crippen LogP contribution < -0.4 is 0 Å². The van der Waals surface area contributed by atoms with Gasteiger partial charge in [-0.05, 0) is 35.7 Å². The number of hydrogen-bond acceptors (Lipinski definition) is 1. The van der Waals surface area contributed by atoms with Crippen LogP contribution >= 0.6 is 11.6 Å². The molecule has 0 saturated carbocycles. The summed E-state index contributed by atoms with van der Waals surface area (Å²) in [6.45, 7) is 0. The fraction of sp³-hybridized carbons (Fsp3) is 0.200. The van der Waals surface area contributed by atoms with Crippen LogP contribution in [0, 0.1) is 5.82 Å². The number of phenols is 1. The largest absolute Gasteiger partial charge is 0.508 e. The molecule has 0 bridgehead atoms. The van der Waals surface area contributed by atoms with Crippen molar-refractivity contribution >= 4 is 11.6 Å². The van der Waals surface area contributed by atoms with Gasteiger partial charge in [-0.3, -0.25) is 0 Å². The lowest BCUT2D eigenvalue weighted by Crippen LogP contribution is -2.07. The molecule has 0 aliphatic rings. The zero-order valence-electron chi connectivity index (χ0n) is 9.81. The molecule has 94 valence electrons. The quantitative estimate of drug-likeness (QED) is 0.825. The Balaban J connectivity index is 2.23. The Morgan fingerprint density at radius 1 is 1.11 bits per heavy atom. The van der Waals surface area contributed by atoms with Crippen LogP contribution in [0.3, 0.4) is 0 Å². The zero-order valence-corrected chi connectivity index (χ0v) is 10.6. The number of halogens is 2. The third-order valence-electron chi connectivity index (χ3n) is 2.92.